The summed E-state index contributed by atoms with van der Waals surface area (Å²) in [6.07, 6.45) is -5.70. The number of hydrogen-bond acceptors (Lipinski definition) is 5. The second kappa shape index (κ2) is 5.60. The molecule has 0 saturated carbocycles. The summed E-state index contributed by atoms with van der Waals surface area (Å²) < 4.78 is 46.1. The molecule has 26 heavy (non-hydrogen) atoms. The number of rotatable bonds is 2. The molecule has 136 valence electrons. The van der Waals surface area contributed by atoms with Crippen molar-refractivity contribution in [3.8, 4) is 11.4 Å². The largest absolute Gasteiger partial charge is 0.445 e. The maximum atomic E-state index is 13.1. The van der Waals surface area contributed by atoms with E-state index in [1.54, 1.807) is 22.8 Å². The van der Waals surface area contributed by atoms with E-state index in [1.807, 2.05) is 13.8 Å². The first-order valence-electron chi connectivity index (χ1n) is 7.96. The lowest BCUT2D eigenvalue weighted by Gasteiger charge is -2.12. The first-order valence-corrected chi connectivity index (χ1v) is 7.96. The maximum absolute atomic E-state index is 13.1. The number of benzene rings is 1. The molecule has 4 rings (SSSR count). The van der Waals surface area contributed by atoms with Gasteiger partial charge in [-0.2, -0.15) is 13.2 Å². The van der Waals surface area contributed by atoms with Gasteiger partial charge in [-0.25, -0.2) is 9.97 Å². The highest BCUT2D eigenvalue weighted by Crippen LogP contribution is 2.36. The van der Waals surface area contributed by atoms with Crippen molar-refractivity contribution in [2.24, 2.45) is 0 Å². The predicted octanol–water partition coefficient (Wildman–Crippen LogP) is 3.64. The summed E-state index contributed by atoms with van der Waals surface area (Å²) in [7, 11) is 0. The summed E-state index contributed by atoms with van der Waals surface area (Å²) in [5.74, 6) is 0.938. The Bertz CT molecular complexity index is 998. The lowest BCUT2D eigenvalue weighted by molar-refractivity contribution is -0.141. The number of hydrogen-bond donors (Lipinski definition) is 2. The Morgan fingerprint density at radius 1 is 1.19 bits per heavy atom. The van der Waals surface area contributed by atoms with E-state index in [4.69, 9.17) is 4.74 Å². The van der Waals surface area contributed by atoms with Crippen LogP contribution in [0.15, 0.2) is 30.3 Å². The number of anilines is 1. The molecule has 1 aliphatic rings. The third-order valence-electron chi connectivity index (χ3n) is 4.08. The molecule has 0 spiro atoms. The van der Waals surface area contributed by atoms with Gasteiger partial charge in [-0.05, 0) is 24.3 Å². The van der Waals surface area contributed by atoms with Crippen LogP contribution in [-0.4, -0.2) is 26.1 Å². The van der Waals surface area contributed by atoms with Gasteiger partial charge in [0.15, 0.2) is 5.65 Å². The number of ether oxygens (including phenoxy) is 1. The monoisotopic (exact) mass is 364 g/mol. The molecule has 1 atom stereocenters. The average molecular weight is 364 g/mol. The van der Waals surface area contributed by atoms with Gasteiger partial charge in [0.1, 0.15) is 22.8 Å². The Labute approximate surface area is 146 Å². The van der Waals surface area contributed by atoms with Crippen molar-refractivity contribution < 1.29 is 23.0 Å². The van der Waals surface area contributed by atoms with Gasteiger partial charge in [0.2, 0.25) is 0 Å². The number of fused-ring (bicyclic) bond motifs is 2. The van der Waals surface area contributed by atoms with Gasteiger partial charge in [-0.3, -0.25) is 4.57 Å². The fraction of sp³-hybridized carbons (Fsp3) is 0.294. The van der Waals surface area contributed by atoms with Gasteiger partial charge in [-0.1, -0.05) is 13.8 Å². The highest BCUT2D eigenvalue weighted by atomic mass is 19.4. The molecule has 2 aromatic heterocycles. The van der Waals surface area contributed by atoms with Crippen molar-refractivity contribution in [3.05, 3.63) is 41.9 Å². The number of nitrogens with one attached hydrogen (secondary N) is 1. The quantitative estimate of drug-likeness (QED) is 0.726. The van der Waals surface area contributed by atoms with Gasteiger partial charge < -0.3 is 15.2 Å². The van der Waals surface area contributed by atoms with Gasteiger partial charge in [0.05, 0.1) is 11.4 Å². The molecule has 0 aliphatic carbocycles. The van der Waals surface area contributed by atoms with E-state index in [-0.39, 0.29) is 11.6 Å². The van der Waals surface area contributed by atoms with Crippen molar-refractivity contribution in [2.75, 3.05) is 5.32 Å². The van der Waals surface area contributed by atoms with Crippen LogP contribution in [0, 0.1) is 0 Å². The lowest BCUT2D eigenvalue weighted by atomic mass is 10.2. The normalized spacial score (nSPS) is 16.7. The summed E-state index contributed by atoms with van der Waals surface area (Å²) >= 11 is 0. The minimum absolute atomic E-state index is 0.0450. The van der Waals surface area contributed by atoms with E-state index in [2.05, 4.69) is 15.3 Å². The number of pyridine rings is 1. The zero-order valence-corrected chi connectivity index (χ0v) is 13.9. The first kappa shape index (κ1) is 16.6. The average Bonchev–Trinajstić information content (AvgIpc) is 3.11. The second-order valence-electron chi connectivity index (χ2n) is 6.29. The first-order chi connectivity index (χ1) is 12.2. The van der Waals surface area contributed by atoms with E-state index < -0.39 is 18.3 Å². The zero-order chi connectivity index (χ0) is 18.6. The van der Waals surface area contributed by atoms with Crippen molar-refractivity contribution in [1.82, 2.24) is 14.5 Å². The number of imidazole rings is 1. The fourth-order valence-electron chi connectivity index (χ4n) is 2.92. The van der Waals surface area contributed by atoms with E-state index >= 15 is 0 Å². The summed E-state index contributed by atoms with van der Waals surface area (Å²) in [5, 5.41) is 12.2. The van der Waals surface area contributed by atoms with Crippen LogP contribution in [-0.2, 0) is 6.18 Å². The molecular weight excluding hydrogens is 349 g/mol. The fourth-order valence-corrected chi connectivity index (χ4v) is 2.92. The van der Waals surface area contributed by atoms with Crippen molar-refractivity contribution >= 4 is 16.9 Å². The number of aliphatic hydroxyl groups is 1. The second-order valence-corrected chi connectivity index (χ2v) is 6.29. The molecule has 3 aromatic rings. The van der Waals surface area contributed by atoms with Crippen LogP contribution < -0.4 is 10.1 Å². The molecule has 0 bridgehead atoms. The Kier molecular flexibility index (Phi) is 3.58. The molecule has 3 heterocycles. The molecule has 1 unspecified atom stereocenters. The van der Waals surface area contributed by atoms with Crippen LogP contribution >= 0.6 is 0 Å². The molecule has 0 fully saturated rings. The molecule has 9 heteroatoms. The van der Waals surface area contributed by atoms with Crippen LogP contribution in [0.4, 0.5) is 18.9 Å². The van der Waals surface area contributed by atoms with Crippen LogP contribution in [0.25, 0.3) is 16.9 Å². The molecule has 2 N–H and O–H groups in total. The maximum Gasteiger partial charge on any atom is 0.433 e. The van der Waals surface area contributed by atoms with Crippen molar-refractivity contribution in [1.29, 1.82) is 0 Å². The van der Waals surface area contributed by atoms with Gasteiger partial charge in [0, 0.05) is 12.0 Å². The third kappa shape index (κ3) is 2.64. The smallest absolute Gasteiger partial charge is 0.433 e. The molecule has 6 nitrogen and oxygen atoms in total. The summed E-state index contributed by atoms with van der Waals surface area (Å²) in [6.45, 7) is 3.80. The lowest BCUT2D eigenvalue weighted by Crippen LogP contribution is -2.17. The highest BCUT2D eigenvalue weighted by Gasteiger charge is 2.33. The summed E-state index contributed by atoms with van der Waals surface area (Å²) in [5.41, 5.74) is 0.672. The molecular formula is C17H15F3N4O2. The number of aliphatic hydroxyl groups excluding tert-OH is 1. The molecule has 0 radical (unpaired) electrons. The molecule has 0 saturated heterocycles. The van der Waals surface area contributed by atoms with E-state index in [0.717, 1.165) is 6.07 Å². The number of aromatic nitrogens is 3. The van der Waals surface area contributed by atoms with Crippen molar-refractivity contribution in [2.45, 2.75) is 32.4 Å². The molecule has 1 aliphatic heterocycles. The summed E-state index contributed by atoms with van der Waals surface area (Å²) in [6, 6.07) is 7.28. The third-order valence-corrected chi connectivity index (χ3v) is 4.08. The standard InChI is InChI=1S/C17H15F3N4O2/c1-8(2)14-21-11-5-6-13(17(18,19)20)23-15(11)24(14)9-3-4-10-12(7-9)26-16(25)22-10/h3-8,16,22,25H,1-2H3. The SMILES string of the molecule is CC(C)c1nc2ccc(C(F)(F)F)nc2n1-c1ccc2c(c1)OC(O)N2. The van der Waals surface area contributed by atoms with Crippen LogP contribution in [0.5, 0.6) is 5.75 Å². The number of alkyl halides is 3. The van der Waals surface area contributed by atoms with Gasteiger partial charge in [-0.15, -0.1) is 0 Å². The van der Waals surface area contributed by atoms with Gasteiger partial charge in [0.25, 0.3) is 6.41 Å². The Morgan fingerprint density at radius 3 is 2.65 bits per heavy atom. The Balaban J connectivity index is 1.95. The Morgan fingerprint density at radius 2 is 1.96 bits per heavy atom. The van der Waals surface area contributed by atoms with Gasteiger partial charge >= 0.3 is 6.18 Å². The van der Waals surface area contributed by atoms with E-state index in [1.165, 1.54) is 6.07 Å². The predicted molar refractivity (Wildman–Crippen MR) is 88.2 cm³/mol. The van der Waals surface area contributed by atoms with Crippen LogP contribution in [0.2, 0.25) is 0 Å². The summed E-state index contributed by atoms with van der Waals surface area (Å²) in [4.78, 5) is 8.25. The molecule has 0 amide bonds. The van der Waals surface area contributed by atoms with Crippen LogP contribution in [0.3, 0.4) is 0 Å². The van der Waals surface area contributed by atoms with Crippen molar-refractivity contribution in [3.63, 3.8) is 0 Å². The topological polar surface area (TPSA) is 72.2 Å². The van der Waals surface area contributed by atoms with Crippen LogP contribution in [0.1, 0.15) is 31.3 Å². The molecule has 1 aromatic carbocycles. The number of nitrogens with zero attached hydrogens (tertiary/aromatic N) is 3. The zero-order valence-electron chi connectivity index (χ0n) is 13.9. The number of halogens is 3. The highest BCUT2D eigenvalue weighted by molar-refractivity contribution is 5.75. The van der Waals surface area contributed by atoms with E-state index in [0.29, 0.717) is 28.5 Å². The van der Waals surface area contributed by atoms with E-state index in [9.17, 15) is 18.3 Å². The Hall–Kier alpha value is -2.81. The minimum Gasteiger partial charge on any atom is -0.445 e. The minimum atomic E-state index is -4.55.